The minimum Gasteiger partial charge on any atom is -0.357 e. The largest absolute Gasteiger partial charge is 0.357 e. The molecule has 0 spiro atoms. The summed E-state index contributed by atoms with van der Waals surface area (Å²) in [7, 11) is -0.444. The van der Waals surface area contributed by atoms with Crippen LogP contribution in [0.15, 0.2) is 29.3 Å². The summed E-state index contributed by atoms with van der Waals surface area (Å²) >= 11 is 7.38. The maximum Gasteiger partial charge on any atom is 0.283 e. The molecule has 1 saturated heterocycles. The van der Waals surface area contributed by atoms with Crippen molar-refractivity contribution in [1.82, 2.24) is 29.4 Å². The molecule has 2 aromatic heterocycles. The van der Waals surface area contributed by atoms with E-state index in [-0.39, 0.29) is 43.0 Å². The van der Waals surface area contributed by atoms with Gasteiger partial charge in [0.25, 0.3) is 15.9 Å². The van der Waals surface area contributed by atoms with Crippen LogP contribution < -0.4 is 5.32 Å². The van der Waals surface area contributed by atoms with Crippen molar-refractivity contribution in [3.05, 3.63) is 44.9 Å². The summed E-state index contributed by atoms with van der Waals surface area (Å²) in [6.07, 6.45) is 0.774. The lowest BCUT2D eigenvalue weighted by molar-refractivity contribution is -0.126. The lowest BCUT2D eigenvalue weighted by atomic mass is 10.1. The highest BCUT2D eigenvalue weighted by atomic mass is 35.5. The number of nitrogens with zero attached hydrogens (tertiary/aromatic N) is 4. The Balaban J connectivity index is 0.00000304. The Morgan fingerprint density at radius 3 is 2.75 bits per heavy atom. The third kappa shape index (κ3) is 4.85. The highest BCUT2D eigenvalue weighted by molar-refractivity contribution is 7.89. The van der Waals surface area contributed by atoms with Crippen LogP contribution in [0.5, 0.6) is 0 Å². The van der Waals surface area contributed by atoms with Crippen molar-refractivity contribution in [2.75, 3.05) is 40.3 Å². The summed E-state index contributed by atoms with van der Waals surface area (Å²) in [6, 6.07) is 5.63. The number of sulfonamides is 1. The average Bonchev–Trinajstić information content (AvgIpc) is 3.46. The summed E-state index contributed by atoms with van der Waals surface area (Å²) in [4.78, 5) is 38.3. The highest BCUT2D eigenvalue weighted by Gasteiger charge is 2.41. The molecule has 2 aliphatic rings. The van der Waals surface area contributed by atoms with E-state index in [0.717, 1.165) is 30.1 Å². The van der Waals surface area contributed by atoms with E-state index in [0.29, 0.717) is 20.9 Å². The van der Waals surface area contributed by atoms with Crippen molar-refractivity contribution in [3.63, 3.8) is 0 Å². The Hall–Kier alpha value is -2.22. The van der Waals surface area contributed by atoms with Crippen molar-refractivity contribution in [3.8, 4) is 0 Å². The fourth-order valence-corrected chi connectivity index (χ4v) is 7.28. The number of benzene rings is 1. The van der Waals surface area contributed by atoms with Gasteiger partial charge in [-0.3, -0.25) is 9.59 Å². The standard InChI is InChI=1S/C22H25ClN6O4S2.ClH/c1-24-20(30)17-11-28(35(32,33)19-10-13-9-14(23)3-4-15(13)25-19)7-8-29(17)22(31)21-26-16-5-6-27(2)12-18(16)34-21;/h3-4,9-10,17,25H,5-8,11-12H2,1-2H3,(H,24,30);1H. The number of hydrogen-bond donors (Lipinski definition) is 2. The van der Waals surface area contributed by atoms with Gasteiger partial charge in [0.1, 0.15) is 11.1 Å². The zero-order chi connectivity index (χ0) is 24.9. The molecule has 1 fully saturated rings. The van der Waals surface area contributed by atoms with Crippen LogP contribution in [0.2, 0.25) is 5.02 Å². The summed E-state index contributed by atoms with van der Waals surface area (Å²) in [6.45, 7) is 1.60. The fourth-order valence-electron chi connectivity index (χ4n) is 4.50. The maximum absolute atomic E-state index is 13.4. The molecule has 1 unspecified atom stereocenters. The second kappa shape index (κ2) is 10.3. The van der Waals surface area contributed by atoms with Crippen LogP contribution in [0.3, 0.4) is 0 Å². The number of hydrogen-bond acceptors (Lipinski definition) is 7. The molecule has 0 aliphatic carbocycles. The Kier molecular flexibility index (Phi) is 7.65. The number of nitrogens with one attached hydrogen (secondary N) is 2. The molecule has 36 heavy (non-hydrogen) atoms. The molecule has 0 bridgehead atoms. The first-order valence-corrected chi connectivity index (χ1v) is 13.8. The number of halogens is 2. The summed E-state index contributed by atoms with van der Waals surface area (Å²) in [5.41, 5.74) is 1.57. The molecule has 2 amide bonds. The predicted molar refractivity (Wildman–Crippen MR) is 140 cm³/mol. The SMILES string of the molecule is CNC(=O)C1CN(S(=O)(=O)c2cc3cc(Cl)ccc3[nH]2)CCN1C(=O)c1nc2c(s1)CN(C)CC2.Cl. The first-order chi connectivity index (χ1) is 16.7. The zero-order valence-corrected chi connectivity index (χ0v) is 22.9. The smallest absolute Gasteiger partial charge is 0.283 e. The van der Waals surface area contributed by atoms with Crippen LogP contribution in [0.25, 0.3) is 10.9 Å². The van der Waals surface area contributed by atoms with Gasteiger partial charge in [0.15, 0.2) is 5.01 Å². The Morgan fingerprint density at radius 2 is 2.00 bits per heavy atom. The molecule has 0 radical (unpaired) electrons. The normalized spacial score (nSPS) is 19.1. The lowest BCUT2D eigenvalue weighted by Gasteiger charge is -2.39. The Labute approximate surface area is 224 Å². The second-order valence-electron chi connectivity index (χ2n) is 8.73. The highest BCUT2D eigenvalue weighted by Crippen LogP contribution is 2.29. The summed E-state index contributed by atoms with van der Waals surface area (Å²) in [5, 5.41) is 4.09. The maximum atomic E-state index is 13.4. The summed E-state index contributed by atoms with van der Waals surface area (Å²) < 4.78 is 28.1. The van der Waals surface area contributed by atoms with Crippen molar-refractivity contribution in [2.24, 2.45) is 0 Å². The molecule has 0 saturated carbocycles. The van der Waals surface area contributed by atoms with Gasteiger partial charge in [-0.05, 0) is 31.3 Å². The van der Waals surface area contributed by atoms with E-state index in [2.05, 4.69) is 20.2 Å². The van der Waals surface area contributed by atoms with Crippen LogP contribution in [-0.2, 0) is 27.8 Å². The number of likely N-dealkylation sites (N-methyl/N-ethyl adjacent to an activating group) is 2. The number of aromatic amines is 1. The number of carbonyl (C=O) groups excluding carboxylic acids is 2. The van der Waals surface area contributed by atoms with Gasteiger partial charge in [-0.1, -0.05) is 11.6 Å². The van der Waals surface area contributed by atoms with Crippen LogP contribution in [0.1, 0.15) is 20.4 Å². The van der Waals surface area contributed by atoms with Gasteiger partial charge in [-0.25, -0.2) is 13.4 Å². The van der Waals surface area contributed by atoms with E-state index in [4.69, 9.17) is 11.6 Å². The van der Waals surface area contributed by atoms with Crippen LogP contribution in [-0.4, -0.2) is 90.6 Å². The van der Waals surface area contributed by atoms with E-state index in [1.807, 2.05) is 7.05 Å². The quantitative estimate of drug-likeness (QED) is 0.493. The van der Waals surface area contributed by atoms with Gasteiger partial charge in [-0.15, -0.1) is 23.7 Å². The number of rotatable bonds is 4. The van der Waals surface area contributed by atoms with Crippen molar-refractivity contribution in [2.45, 2.75) is 24.0 Å². The number of thiazole rings is 1. The van der Waals surface area contributed by atoms with Crippen molar-refractivity contribution < 1.29 is 18.0 Å². The van der Waals surface area contributed by atoms with E-state index in [9.17, 15) is 18.0 Å². The molecule has 194 valence electrons. The van der Waals surface area contributed by atoms with Gasteiger partial charge in [0, 0.05) is 67.0 Å². The number of amides is 2. The molecule has 3 aromatic rings. The third-order valence-electron chi connectivity index (χ3n) is 6.43. The monoisotopic (exact) mass is 572 g/mol. The molecule has 1 atom stereocenters. The molecular weight excluding hydrogens is 547 g/mol. The van der Waals surface area contributed by atoms with Crippen LogP contribution in [0, 0.1) is 0 Å². The van der Waals surface area contributed by atoms with E-state index in [1.54, 1.807) is 18.2 Å². The molecule has 4 heterocycles. The molecule has 2 N–H and O–H groups in total. The van der Waals surface area contributed by atoms with E-state index in [1.165, 1.54) is 33.7 Å². The number of carbonyl (C=O) groups is 2. The van der Waals surface area contributed by atoms with Crippen LogP contribution >= 0.6 is 35.3 Å². The second-order valence-corrected chi connectivity index (χ2v) is 12.2. The van der Waals surface area contributed by atoms with Crippen molar-refractivity contribution >= 4 is 68.1 Å². The summed E-state index contributed by atoms with van der Waals surface area (Å²) in [5.74, 6) is -0.777. The topological polar surface area (TPSA) is 119 Å². The number of fused-ring (bicyclic) bond motifs is 2. The fraction of sp³-hybridized carbons (Fsp3) is 0.409. The van der Waals surface area contributed by atoms with Gasteiger partial charge in [0.2, 0.25) is 5.91 Å². The molecule has 1 aromatic carbocycles. The minimum absolute atomic E-state index is 0. The number of H-pyrrole nitrogens is 1. The van der Waals surface area contributed by atoms with Gasteiger partial charge >= 0.3 is 0 Å². The predicted octanol–water partition coefficient (Wildman–Crippen LogP) is 1.95. The zero-order valence-electron chi connectivity index (χ0n) is 19.7. The van der Waals surface area contributed by atoms with Crippen molar-refractivity contribution in [1.29, 1.82) is 0 Å². The molecule has 10 nitrogen and oxygen atoms in total. The first-order valence-electron chi connectivity index (χ1n) is 11.2. The molecular formula is C22H26Cl2N6O4S2. The molecule has 2 aliphatic heterocycles. The molecule has 14 heteroatoms. The average molecular weight is 574 g/mol. The Morgan fingerprint density at radius 1 is 1.22 bits per heavy atom. The number of aromatic nitrogens is 2. The molecule has 5 rings (SSSR count). The van der Waals surface area contributed by atoms with E-state index < -0.39 is 22.0 Å². The van der Waals surface area contributed by atoms with Crippen LogP contribution in [0.4, 0.5) is 0 Å². The van der Waals surface area contributed by atoms with E-state index >= 15 is 0 Å². The van der Waals surface area contributed by atoms with Gasteiger partial charge in [-0.2, -0.15) is 4.31 Å². The third-order valence-corrected chi connectivity index (χ3v) is 9.53. The number of piperazine rings is 1. The van der Waals surface area contributed by atoms with Gasteiger partial charge in [0.05, 0.1) is 5.69 Å². The minimum atomic E-state index is -3.94. The Bertz CT molecular complexity index is 1420. The van der Waals surface area contributed by atoms with Gasteiger partial charge < -0.3 is 20.1 Å². The lowest BCUT2D eigenvalue weighted by Crippen LogP contribution is -2.61. The first kappa shape index (κ1) is 26.8.